The second-order valence-electron chi connectivity index (χ2n) is 14.0. The summed E-state index contributed by atoms with van der Waals surface area (Å²) in [7, 11) is 0. The van der Waals surface area contributed by atoms with Crippen LogP contribution in [0.5, 0.6) is 11.5 Å². The molecule has 0 bridgehead atoms. The Morgan fingerprint density at radius 1 is 0.361 bits per heavy atom. The first-order valence-electron chi connectivity index (χ1n) is 19.2. The van der Waals surface area contributed by atoms with E-state index in [2.05, 4.69) is 0 Å². The topological polar surface area (TPSA) is 77.5 Å². The Balaban J connectivity index is 1.73. The van der Waals surface area contributed by atoms with Crippen LogP contribution in [-0.4, -0.2) is 23.1 Å². The summed E-state index contributed by atoms with van der Waals surface area (Å²) < 4.78 is 6.73. The molecule has 5 nitrogen and oxygen atoms in total. The highest BCUT2D eigenvalue weighted by molar-refractivity contribution is 6.45. The molecule has 0 fully saturated rings. The van der Waals surface area contributed by atoms with Crippen molar-refractivity contribution in [2.75, 3.05) is 0 Å². The van der Waals surface area contributed by atoms with Crippen LogP contribution in [0.3, 0.4) is 0 Å². The van der Waals surface area contributed by atoms with Crippen molar-refractivity contribution in [1.29, 1.82) is 0 Å². The summed E-state index contributed by atoms with van der Waals surface area (Å²) >= 11 is 53.2. The van der Waals surface area contributed by atoms with Crippen LogP contribution in [0.25, 0.3) is 0 Å². The van der Waals surface area contributed by atoms with Crippen LogP contribution < -0.4 is 4.74 Å². The second kappa shape index (κ2) is 20.5. The van der Waals surface area contributed by atoms with Gasteiger partial charge < -0.3 is 4.74 Å². The number of benzene rings is 6. The van der Waals surface area contributed by atoms with E-state index in [9.17, 15) is 9.59 Å². The predicted octanol–water partition coefficient (Wildman–Crippen LogP) is 16.3. The lowest BCUT2D eigenvalue weighted by atomic mass is 9.86. The fourth-order valence-electron chi connectivity index (χ4n) is 7.02. The summed E-state index contributed by atoms with van der Waals surface area (Å²) in [4.78, 5) is 60.2. The quantitative estimate of drug-likeness (QED) is 0.0903. The number of unbranched alkanes of at least 4 members (excludes halogenated alkanes) is 2. The molecule has 0 aliphatic heterocycles. The lowest BCUT2D eigenvalue weighted by Crippen LogP contribution is -2.19. The fourth-order valence-corrected chi connectivity index (χ4v) is 9.30. The number of ether oxygens (including phenoxy) is 1. The Morgan fingerprint density at radius 2 is 0.607 bits per heavy atom. The van der Waals surface area contributed by atoms with E-state index < -0.39 is 23.1 Å². The lowest BCUT2D eigenvalue weighted by Gasteiger charge is -2.22. The number of halogens is 8. The first kappa shape index (κ1) is 46.6. The molecule has 0 atom stereocenters. The van der Waals surface area contributed by atoms with E-state index >= 15 is 9.59 Å². The van der Waals surface area contributed by atoms with Crippen molar-refractivity contribution in [3.8, 4) is 11.5 Å². The Kier molecular flexibility index (Phi) is 15.7. The van der Waals surface area contributed by atoms with Gasteiger partial charge in [0.15, 0.2) is 11.6 Å². The van der Waals surface area contributed by atoms with Crippen molar-refractivity contribution < 1.29 is 23.9 Å². The van der Waals surface area contributed by atoms with Crippen molar-refractivity contribution >= 4 is 116 Å². The molecule has 0 aliphatic carbocycles. The van der Waals surface area contributed by atoms with Crippen LogP contribution in [0, 0.1) is 0 Å². The highest BCUT2D eigenvalue weighted by Crippen LogP contribution is 2.43. The van der Waals surface area contributed by atoms with Gasteiger partial charge in [0.05, 0.1) is 73.6 Å². The molecule has 0 heterocycles. The largest absolute Gasteiger partial charge is 0.456 e. The molecule has 0 N–H and O–H groups in total. The van der Waals surface area contributed by atoms with Crippen LogP contribution >= 0.6 is 92.8 Å². The highest BCUT2D eigenvalue weighted by Gasteiger charge is 2.35. The van der Waals surface area contributed by atoms with Crippen molar-refractivity contribution in [1.82, 2.24) is 0 Å². The number of ketones is 4. The van der Waals surface area contributed by atoms with E-state index in [1.807, 2.05) is 13.8 Å². The summed E-state index contributed by atoms with van der Waals surface area (Å²) in [5, 5.41) is 0.217. The second-order valence-corrected chi connectivity index (χ2v) is 17.2. The van der Waals surface area contributed by atoms with Crippen LogP contribution in [0.15, 0.2) is 97.1 Å². The zero-order valence-electron chi connectivity index (χ0n) is 32.5. The minimum Gasteiger partial charge on any atom is -0.456 e. The molecule has 0 spiro atoms. The SMILES string of the molecule is CCCCc1ccc(Oc2ccc(CCCC)c(C(=O)c3c(Cl)cccc3Cl)c2C(=O)c2c(Cl)cccc2Cl)c(C(=O)c2c(Cl)cccc2Cl)c1C(=O)c1c(Cl)cccc1Cl. The van der Waals surface area contributed by atoms with Crippen LogP contribution in [0.2, 0.25) is 40.2 Å². The van der Waals surface area contributed by atoms with E-state index in [4.69, 9.17) is 97.5 Å². The van der Waals surface area contributed by atoms with E-state index in [-0.39, 0.29) is 96.2 Å². The number of carbonyl (C=O) groups is 4. The lowest BCUT2D eigenvalue weighted by molar-refractivity contribution is 0.0997. The normalized spacial score (nSPS) is 11.1. The van der Waals surface area contributed by atoms with Gasteiger partial charge in [0.25, 0.3) is 0 Å². The first-order valence-corrected chi connectivity index (χ1v) is 22.2. The monoisotopic (exact) mass is 970 g/mol. The van der Waals surface area contributed by atoms with Gasteiger partial charge in [-0.15, -0.1) is 0 Å². The van der Waals surface area contributed by atoms with Crippen molar-refractivity contribution in [2.45, 2.75) is 52.4 Å². The van der Waals surface area contributed by atoms with Crippen molar-refractivity contribution in [2.24, 2.45) is 0 Å². The average Bonchev–Trinajstić information content (AvgIpc) is 3.21. The summed E-state index contributed by atoms with van der Waals surface area (Å²) in [5.41, 5.74) is 0.0435. The van der Waals surface area contributed by atoms with Crippen molar-refractivity contribution in [3.63, 3.8) is 0 Å². The zero-order valence-corrected chi connectivity index (χ0v) is 38.6. The molecule has 0 amide bonds. The number of aryl methyl sites for hydroxylation is 2. The molecule has 0 saturated heterocycles. The van der Waals surface area contributed by atoms with Gasteiger partial charge in [0.1, 0.15) is 11.5 Å². The fraction of sp³-hybridized carbons (Fsp3) is 0.167. The maximum Gasteiger partial charge on any atom is 0.200 e. The maximum absolute atomic E-state index is 15.1. The Morgan fingerprint density at radius 3 is 0.852 bits per heavy atom. The molecular weight excluding hydrogens is 940 g/mol. The molecule has 6 aromatic carbocycles. The van der Waals surface area contributed by atoms with Gasteiger partial charge in [0, 0.05) is 11.1 Å². The molecule has 13 heteroatoms. The highest BCUT2D eigenvalue weighted by atomic mass is 35.5. The molecule has 0 aromatic heterocycles. The van der Waals surface area contributed by atoms with Gasteiger partial charge in [-0.3, -0.25) is 19.2 Å². The van der Waals surface area contributed by atoms with E-state index in [0.717, 1.165) is 12.8 Å². The Hall–Kier alpha value is -3.88. The van der Waals surface area contributed by atoms with Gasteiger partial charge in [-0.05, 0) is 97.5 Å². The van der Waals surface area contributed by atoms with E-state index in [1.165, 1.54) is 60.7 Å². The molecule has 0 saturated carbocycles. The van der Waals surface area contributed by atoms with Gasteiger partial charge in [-0.2, -0.15) is 0 Å². The molecule has 312 valence electrons. The smallest absolute Gasteiger partial charge is 0.200 e. The summed E-state index contributed by atoms with van der Waals surface area (Å²) in [5.74, 6) is -3.23. The molecule has 6 aromatic rings. The molecule has 0 unspecified atom stereocenters. The third kappa shape index (κ3) is 9.71. The average molecular weight is 974 g/mol. The van der Waals surface area contributed by atoms with E-state index in [1.54, 1.807) is 36.4 Å². The third-order valence-corrected chi connectivity index (χ3v) is 12.5. The van der Waals surface area contributed by atoms with Gasteiger partial charge in [-0.1, -0.05) is 156 Å². The zero-order chi connectivity index (χ0) is 44.1. The predicted molar refractivity (Wildman–Crippen MR) is 250 cm³/mol. The molecule has 0 radical (unpaired) electrons. The van der Waals surface area contributed by atoms with Crippen LogP contribution in [0.4, 0.5) is 0 Å². The van der Waals surface area contributed by atoms with Crippen LogP contribution in [0.1, 0.15) is 114 Å². The standard InChI is InChI=1S/C48H34Cl8O5/c1-3-5-11-25-21-23-35(43(47(59)41-31(53)17-9-18-32(41)54)37(25)45(57)39-27(49)13-7-14-28(39)50)61-36-24-22-26(12-6-4-2)38(46(58)40-29(51)15-8-16-30(40)52)44(36)48(60)42-33(55)19-10-20-34(42)56/h7-10,13-24H,3-6,11-12H2,1-2H3. The van der Waals surface area contributed by atoms with Gasteiger partial charge in [-0.25, -0.2) is 0 Å². The molecular formula is C48H34Cl8O5. The van der Waals surface area contributed by atoms with Gasteiger partial charge in [0.2, 0.25) is 11.6 Å². The summed E-state index contributed by atoms with van der Waals surface area (Å²) in [6.45, 7) is 3.98. The summed E-state index contributed by atoms with van der Waals surface area (Å²) in [6, 6.07) is 24.7. The number of carbonyl (C=O) groups excluding carboxylic acids is 4. The third-order valence-electron chi connectivity index (χ3n) is 9.99. The Bertz CT molecular complexity index is 2460. The molecule has 6 rings (SSSR count). The van der Waals surface area contributed by atoms with Gasteiger partial charge >= 0.3 is 0 Å². The molecule has 0 aliphatic rings. The Labute approximate surface area is 393 Å². The molecule has 61 heavy (non-hydrogen) atoms. The number of rotatable bonds is 16. The number of hydrogen-bond acceptors (Lipinski definition) is 5. The van der Waals surface area contributed by atoms with E-state index in [0.29, 0.717) is 36.8 Å². The maximum atomic E-state index is 15.1. The summed E-state index contributed by atoms with van der Waals surface area (Å²) in [6.07, 6.45) is 3.53. The van der Waals surface area contributed by atoms with Crippen molar-refractivity contribution in [3.05, 3.63) is 193 Å². The first-order chi connectivity index (χ1) is 29.2. The number of hydrogen-bond donors (Lipinski definition) is 0. The minimum absolute atomic E-state index is 0.00518. The minimum atomic E-state index is -0.767. The van der Waals surface area contributed by atoms with Crippen LogP contribution in [-0.2, 0) is 12.8 Å².